The zero-order chi connectivity index (χ0) is 13.3. The van der Waals surface area contributed by atoms with Crippen molar-refractivity contribution < 1.29 is 9.59 Å². The second kappa shape index (κ2) is 8.98. The summed E-state index contributed by atoms with van der Waals surface area (Å²) in [6.07, 6.45) is 2.33. The first-order chi connectivity index (χ1) is 7.95. The van der Waals surface area contributed by atoms with Crippen molar-refractivity contribution in [1.82, 2.24) is 5.32 Å². The van der Waals surface area contributed by atoms with Crippen LogP contribution in [0.4, 0.5) is 0 Å². The van der Waals surface area contributed by atoms with Crippen LogP contribution < -0.4 is 16.8 Å². The van der Waals surface area contributed by atoms with Crippen molar-refractivity contribution in [3.63, 3.8) is 0 Å². The van der Waals surface area contributed by atoms with Gasteiger partial charge in [0.1, 0.15) is 0 Å². The second-order valence-corrected chi connectivity index (χ2v) is 4.86. The first kappa shape index (κ1) is 15.9. The van der Waals surface area contributed by atoms with Crippen LogP contribution in [0.1, 0.15) is 39.5 Å². The van der Waals surface area contributed by atoms with Crippen LogP contribution in [0.25, 0.3) is 0 Å². The van der Waals surface area contributed by atoms with E-state index >= 15 is 0 Å². The van der Waals surface area contributed by atoms with Crippen molar-refractivity contribution in [2.45, 2.75) is 39.5 Å². The molecule has 0 radical (unpaired) electrons. The summed E-state index contributed by atoms with van der Waals surface area (Å²) in [6, 6.07) is 0. The first-order valence-electron chi connectivity index (χ1n) is 6.20. The smallest absolute Gasteiger partial charge is 0.220 e. The molecule has 100 valence electrons. The van der Waals surface area contributed by atoms with Crippen LogP contribution in [0.15, 0.2) is 0 Å². The van der Waals surface area contributed by atoms with Crippen molar-refractivity contribution >= 4 is 11.8 Å². The Hall–Kier alpha value is -1.10. The first-order valence-corrected chi connectivity index (χ1v) is 6.20. The highest BCUT2D eigenvalue weighted by Gasteiger charge is 2.13. The maximum absolute atomic E-state index is 11.6. The summed E-state index contributed by atoms with van der Waals surface area (Å²) in [5.74, 6) is 0.460. The molecule has 5 nitrogen and oxygen atoms in total. The molecule has 0 aliphatic heterocycles. The van der Waals surface area contributed by atoms with E-state index in [0.717, 1.165) is 6.42 Å². The van der Waals surface area contributed by atoms with Gasteiger partial charge in [-0.3, -0.25) is 9.59 Å². The molecule has 0 aliphatic carbocycles. The van der Waals surface area contributed by atoms with Gasteiger partial charge in [0.25, 0.3) is 0 Å². The summed E-state index contributed by atoms with van der Waals surface area (Å²) in [5, 5.41) is 2.77. The number of carbonyl (C=O) groups excluding carboxylic acids is 2. The monoisotopic (exact) mass is 243 g/mol. The molecule has 0 unspecified atom stereocenters. The molecule has 1 atom stereocenters. The number of amides is 2. The van der Waals surface area contributed by atoms with Crippen LogP contribution in [-0.4, -0.2) is 24.9 Å². The maximum Gasteiger partial charge on any atom is 0.220 e. The summed E-state index contributed by atoms with van der Waals surface area (Å²) in [5.41, 5.74) is 10.6. The topological polar surface area (TPSA) is 98.2 Å². The zero-order valence-electron chi connectivity index (χ0n) is 10.9. The van der Waals surface area contributed by atoms with Gasteiger partial charge in [0.05, 0.1) is 0 Å². The third kappa shape index (κ3) is 9.81. The van der Waals surface area contributed by atoms with Crippen LogP contribution in [0.2, 0.25) is 0 Å². The zero-order valence-corrected chi connectivity index (χ0v) is 10.9. The number of primary amides is 1. The van der Waals surface area contributed by atoms with Gasteiger partial charge in [0.2, 0.25) is 11.8 Å². The van der Waals surface area contributed by atoms with Crippen LogP contribution >= 0.6 is 0 Å². The van der Waals surface area contributed by atoms with Crippen molar-refractivity contribution in [3.8, 4) is 0 Å². The van der Waals surface area contributed by atoms with Gasteiger partial charge >= 0.3 is 0 Å². The lowest BCUT2D eigenvalue weighted by molar-refractivity contribution is -0.122. The van der Waals surface area contributed by atoms with Gasteiger partial charge < -0.3 is 16.8 Å². The third-order valence-electron chi connectivity index (χ3n) is 2.53. The minimum Gasteiger partial charge on any atom is -0.370 e. The Morgan fingerprint density at radius 2 is 1.94 bits per heavy atom. The summed E-state index contributed by atoms with van der Waals surface area (Å²) in [4.78, 5) is 22.0. The summed E-state index contributed by atoms with van der Waals surface area (Å²) in [6.45, 7) is 5.27. The van der Waals surface area contributed by atoms with Crippen molar-refractivity contribution in [3.05, 3.63) is 0 Å². The van der Waals surface area contributed by atoms with E-state index in [0.29, 0.717) is 38.3 Å². The van der Waals surface area contributed by atoms with E-state index in [1.165, 1.54) is 0 Å². The predicted octanol–water partition coefficient (Wildman–Crippen LogP) is 0.379. The highest BCUT2D eigenvalue weighted by molar-refractivity contribution is 5.76. The van der Waals surface area contributed by atoms with Crippen molar-refractivity contribution in [2.75, 3.05) is 13.1 Å². The van der Waals surface area contributed by atoms with Gasteiger partial charge in [-0.25, -0.2) is 0 Å². The quantitative estimate of drug-likeness (QED) is 0.510. The van der Waals surface area contributed by atoms with E-state index in [-0.39, 0.29) is 17.7 Å². The highest BCUT2D eigenvalue weighted by Crippen LogP contribution is 2.13. The molecule has 5 N–H and O–H groups in total. The Balaban J connectivity index is 3.71. The average Bonchev–Trinajstić information content (AvgIpc) is 2.22. The summed E-state index contributed by atoms with van der Waals surface area (Å²) >= 11 is 0. The number of rotatable bonds is 9. The molecule has 0 aromatic heterocycles. The second-order valence-electron chi connectivity index (χ2n) is 4.86. The molecule has 17 heavy (non-hydrogen) atoms. The number of hydrogen-bond acceptors (Lipinski definition) is 3. The van der Waals surface area contributed by atoms with E-state index in [9.17, 15) is 9.59 Å². The lowest BCUT2D eigenvalue weighted by Gasteiger charge is -2.16. The molecule has 0 saturated carbocycles. The average molecular weight is 243 g/mol. The Morgan fingerprint density at radius 3 is 2.41 bits per heavy atom. The molecule has 0 saturated heterocycles. The Morgan fingerprint density at radius 1 is 1.29 bits per heavy atom. The van der Waals surface area contributed by atoms with E-state index in [2.05, 4.69) is 19.2 Å². The highest BCUT2D eigenvalue weighted by atomic mass is 16.2. The minimum atomic E-state index is -0.334. The molecule has 0 aromatic carbocycles. The fourth-order valence-electron chi connectivity index (χ4n) is 1.75. The molecule has 0 fully saturated rings. The SMILES string of the molecule is CC(C)C[C@H](CN)CC(=O)NCCCC(N)=O. The lowest BCUT2D eigenvalue weighted by Crippen LogP contribution is -2.30. The maximum atomic E-state index is 11.6. The van der Waals surface area contributed by atoms with Crippen LogP contribution in [0.3, 0.4) is 0 Å². The number of nitrogens with two attached hydrogens (primary N) is 2. The fraction of sp³-hybridized carbons (Fsp3) is 0.833. The number of hydrogen-bond donors (Lipinski definition) is 3. The van der Waals surface area contributed by atoms with E-state index in [1.807, 2.05) is 0 Å². The molecule has 0 heterocycles. The largest absolute Gasteiger partial charge is 0.370 e. The van der Waals surface area contributed by atoms with Crippen molar-refractivity contribution in [1.29, 1.82) is 0 Å². The molecular formula is C12H25N3O2. The number of carbonyl (C=O) groups is 2. The van der Waals surface area contributed by atoms with E-state index < -0.39 is 0 Å². The molecular weight excluding hydrogens is 218 g/mol. The van der Waals surface area contributed by atoms with Gasteiger partial charge in [-0.2, -0.15) is 0 Å². The number of nitrogens with one attached hydrogen (secondary N) is 1. The Labute approximate surface area is 103 Å². The normalized spacial score (nSPS) is 12.5. The lowest BCUT2D eigenvalue weighted by atomic mass is 9.94. The molecule has 0 bridgehead atoms. The Kier molecular flexibility index (Phi) is 8.40. The summed E-state index contributed by atoms with van der Waals surface area (Å²) in [7, 11) is 0. The molecule has 0 spiro atoms. The van der Waals surface area contributed by atoms with Crippen LogP contribution in [0, 0.1) is 11.8 Å². The fourth-order valence-corrected chi connectivity index (χ4v) is 1.75. The molecule has 0 aromatic rings. The van der Waals surface area contributed by atoms with Gasteiger partial charge in [-0.05, 0) is 31.2 Å². The molecule has 0 aliphatic rings. The van der Waals surface area contributed by atoms with Gasteiger partial charge in [0.15, 0.2) is 0 Å². The van der Waals surface area contributed by atoms with E-state index in [1.54, 1.807) is 0 Å². The van der Waals surface area contributed by atoms with Gasteiger partial charge in [0, 0.05) is 19.4 Å². The van der Waals surface area contributed by atoms with E-state index in [4.69, 9.17) is 11.5 Å². The standard InChI is InChI=1S/C12H25N3O2/c1-9(2)6-10(8-13)7-12(17)15-5-3-4-11(14)16/h9-10H,3-8,13H2,1-2H3,(H2,14,16)(H,15,17)/t10-/m0/s1. The summed E-state index contributed by atoms with van der Waals surface area (Å²) < 4.78 is 0. The predicted molar refractivity (Wildman–Crippen MR) is 68.1 cm³/mol. The Bertz CT molecular complexity index is 242. The third-order valence-corrected chi connectivity index (χ3v) is 2.53. The van der Waals surface area contributed by atoms with Gasteiger partial charge in [-0.1, -0.05) is 13.8 Å². The van der Waals surface area contributed by atoms with Gasteiger partial charge in [-0.15, -0.1) is 0 Å². The van der Waals surface area contributed by atoms with Crippen molar-refractivity contribution in [2.24, 2.45) is 23.3 Å². The molecule has 2 amide bonds. The minimum absolute atomic E-state index is 0.00516. The van der Waals surface area contributed by atoms with Crippen LogP contribution in [0.5, 0.6) is 0 Å². The molecule has 5 heteroatoms. The van der Waals surface area contributed by atoms with Crippen LogP contribution in [-0.2, 0) is 9.59 Å². The molecule has 0 rings (SSSR count).